The average molecular weight is 503 g/mol. The van der Waals surface area contributed by atoms with E-state index in [0.717, 1.165) is 53.5 Å². The highest BCUT2D eigenvalue weighted by molar-refractivity contribution is 6.08. The molecule has 0 atom stereocenters. The Kier molecular flexibility index (Phi) is 7.34. The van der Waals surface area contributed by atoms with Gasteiger partial charge in [-0.15, -0.1) is 0 Å². The molecule has 1 amide bonds. The van der Waals surface area contributed by atoms with Crippen LogP contribution in [0, 0.1) is 0 Å². The number of hydrogen-bond acceptors (Lipinski definition) is 7. The number of ether oxygens (including phenoxy) is 1. The maximum atomic E-state index is 13.1. The monoisotopic (exact) mass is 502 g/mol. The Morgan fingerprint density at radius 1 is 1.19 bits per heavy atom. The van der Waals surface area contributed by atoms with Crippen molar-refractivity contribution < 1.29 is 14.6 Å². The zero-order chi connectivity index (χ0) is 25.9. The van der Waals surface area contributed by atoms with E-state index >= 15 is 0 Å². The number of aliphatic imine (C=N–C) groups is 1. The maximum absolute atomic E-state index is 13.1. The number of benzene rings is 1. The minimum absolute atomic E-state index is 0.0945. The Morgan fingerprint density at radius 3 is 2.76 bits per heavy atom. The number of anilines is 1. The number of carbonyl (C=O) groups excluding carboxylic acids is 1. The van der Waals surface area contributed by atoms with E-state index in [9.17, 15) is 9.90 Å². The lowest BCUT2D eigenvalue weighted by molar-refractivity contribution is -0.113. The van der Waals surface area contributed by atoms with Gasteiger partial charge in [0, 0.05) is 61.5 Å². The summed E-state index contributed by atoms with van der Waals surface area (Å²) in [5, 5.41) is 18.8. The molecule has 4 heterocycles. The number of aromatic nitrogens is 3. The van der Waals surface area contributed by atoms with Crippen molar-refractivity contribution in [3.05, 3.63) is 54.0 Å². The zero-order valence-electron chi connectivity index (χ0n) is 21.6. The first-order valence-electron chi connectivity index (χ1n) is 12.9. The van der Waals surface area contributed by atoms with E-state index < -0.39 is 0 Å². The van der Waals surface area contributed by atoms with E-state index in [2.05, 4.69) is 39.1 Å². The molecule has 9 heteroatoms. The molecule has 0 radical (unpaired) electrons. The number of piperidine rings is 1. The molecule has 0 spiro atoms. The number of rotatable bonds is 6. The van der Waals surface area contributed by atoms with Gasteiger partial charge < -0.3 is 20.1 Å². The zero-order valence-corrected chi connectivity index (χ0v) is 21.6. The summed E-state index contributed by atoms with van der Waals surface area (Å²) in [5.74, 6) is 0.838. The summed E-state index contributed by atoms with van der Waals surface area (Å²) in [4.78, 5) is 24.4. The number of aliphatic hydroxyl groups is 1. The first-order valence-corrected chi connectivity index (χ1v) is 12.9. The number of likely N-dealkylation sites (tertiary alicyclic amines) is 1. The maximum Gasteiger partial charge on any atom is 0.253 e. The number of fused-ring (bicyclic) bond motifs is 1. The molecule has 37 heavy (non-hydrogen) atoms. The molecular weight excluding hydrogens is 468 g/mol. The number of aryl methyl sites for hydroxylation is 1. The largest absolute Gasteiger partial charge is 0.474 e. The first-order chi connectivity index (χ1) is 17.9. The van der Waals surface area contributed by atoms with Gasteiger partial charge in [-0.2, -0.15) is 5.10 Å². The average Bonchev–Trinajstić information content (AvgIpc) is 3.29. The Bertz CT molecular complexity index is 1350. The third kappa shape index (κ3) is 5.57. The topological polar surface area (TPSA) is 105 Å². The number of carbonyl (C=O) groups is 1. The van der Waals surface area contributed by atoms with Gasteiger partial charge in [-0.1, -0.05) is 12.1 Å². The SMILES string of the molecule is CC(C)N1CCC(OC2=NCCC(C(=O)Nc3cc4cc(-c5cnn(C)c5CO)ccc4cn3)=C2)CC1. The molecule has 194 valence electrons. The molecule has 0 aliphatic carbocycles. The van der Waals surface area contributed by atoms with Crippen LogP contribution in [0.4, 0.5) is 5.82 Å². The molecule has 0 bridgehead atoms. The van der Waals surface area contributed by atoms with Crippen LogP contribution in [0.5, 0.6) is 0 Å². The van der Waals surface area contributed by atoms with E-state index in [0.29, 0.717) is 36.3 Å². The van der Waals surface area contributed by atoms with E-state index in [1.807, 2.05) is 31.3 Å². The molecule has 2 N–H and O–H groups in total. The Balaban J connectivity index is 1.27. The fourth-order valence-electron chi connectivity index (χ4n) is 4.95. The van der Waals surface area contributed by atoms with Crippen molar-refractivity contribution in [2.45, 2.75) is 51.9 Å². The van der Waals surface area contributed by atoms with Crippen LogP contribution in [0.1, 0.15) is 38.8 Å². The molecule has 5 rings (SSSR count). The number of amides is 1. The highest BCUT2D eigenvalue weighted by Gasteiger charge is 2.24. The predicted octanol–water partition coefficient (Wildman–Crippen LogP) is 3.68. The van der Waals surface area contributed by atoms with Crippen LogP contribution in [0.25, 0.3) is 21.9 Å². The summed E-state index contributed by atoms with van der Waals surface area (Å²) in [6.07, 6.45) is 7.90. The van der Waals surface area contributed by atoms with Crippen LogP contribution >= 0.6 is 0 Å². The first kappa shape index (κ1) is 25.1. The molecule has 0 unspecified atom stereocenters. The quantitative estimate of drug-likeness (QED) is 0.533. The van der Waals surface area contributed by atoms with Crippen molar-refractivity contribution in [2.75, 3.05) is 25.0 Å². The fourth-order valence-corrected chi connectivity index (χ4v) is 4.95. The van der Waals surface area contributed by atoms with E-state index in [-0.39, 0.29) is 18.6 Å². The molecule has 3 aromatic rings. The van der Waals surface area contributed by atoms with Crippen LogP contribution in [-0.2, 0) is 23.2 Å². The fraction of sp³-hybridized carbons (Fsp3) is 0.429. The Hall–Kier alpha value is -3.56. The van der Waals surface area contributed by atoms with Crippen molar-refractivity contribution in [1.82, 2.24) is 19.7 Å². The van der Waals surface area contributed by atoms with Crippen molar-refractivity contribution in [1.29, 1.82) is 0 Å². The molecule has 2 aliphatic rings. The van der Waals surface area contributed by atoms with Gasteiger partial charge >= 0.3 is 0 Å². The predicted molar refractivity (Wildman–Crippen MR) is 144 cm³/mol. The smallest absolute Gasteiger partial charge is 0.253 e. The molecular formula is C28H34N6O3. The third-order valence-corrected chi connectivity index (χ3v) is 7.22. The Labute approximate surface area is 216 Å². The van der Waals surface area contributed by atoms with Crippen LogP contribution in [0.3, 0.4) is 0 Å². The van der Waals surface area contributed by atoms with Crippen molar-refractivity contribution in [2.24, 2.45) is 12.0 Å². The molecule has 1 saturated heterocycles. The molecule has 2 aromatic heterocycles. The van der Waals surface area contributed by atoms with Crippen molar-refractivity contribution in [3.63, 3.8) is 0 Å². The summed E-state index contributed by atoms with van der Waals surface area (Å²) in [6, 6.07) is 8.40. The summed E-state index contributed by atoms with van der Waals surface area (Å²) in [6.45, 7) is 6.91. The molecule has 1 fully saturated rings. The van der Waals surface area contributed by atoms with Crippen molar-refractivity contribution >= 4 is 28.4 Å². The van der Waals surface area contributed by atoms with Gasteiger partial charge in [-0.05, 0) is 56.2 Å². The van der Waals surface area contributed by atoms with Crippen LogP contribution < -0.4 is 5.32 Å². The van der Waals surface area contributed by atoms with Crippen LogP contribution in [-0.4, -0.2) is 68.4 Å². The lowest BCUT2D eigenvalue weighted by Gasteiger charge is -2.34. The van der Waals surface area contributed by atoms with E-state index in [1.165, 1.54) is 0 Å². The lowest BCUT2D eigenvalue weighted by atomic mass is 10.0. The molecule has 9 nitrogen and oxygen atoms in total. The second kappa shape index (κ2) is 10.8. The second-order valence-corrected chi connectivity index (χ2v) is 9.96. The van der Waals surface area contributed by atoms with Gasteiger partial charge in [0.15, 0.2) is 0 Å². The molecule has 0 saturated carbocycles. The van der Waals surface area contributed by atoms with Gasteiger partial charge in [0.05, 0.1) is 18.5 Å². The number of aliphatic hydroxyl groups excluding tert-OH is 1. The summed E-state index contributed by atoms with van der Waals surface area (Å²) in [7, 11) is 1.81. The van der Waals surface area contributed by atoms with E-state index in [4.69, 9.17) is 4.74 Å². The second-order valence-electron chi connectivity index (χ2n) is 9.96. The minimum atomic E-state index is -0.191. The number of dihydropyridines is 1. The number of nitrogens with zero attached hydrogens (tertiary/aromatic N) is 5. The third-order valence-electron chi connectivity index (χ3n) is 7.22. The highest BCUT2D eigenvalue weighted by atomic mass is 16.5. The molecule has 2 aliphatic heterocycles. The van der Waals surface area contributed by atoms with E-state index in [1.54, 1.807) is 23.2 Å². The Morgan fingerprint density at radius 2 is 2.00 bits per heavy atom. The number of hydrogen-bond donors (Lipinski definition) is 2. The van der Waals surface area contributed by atoms with Gasteiger partial charge in [0.2, 0.25) is 5.90 Å². The van der Waals surface area contributed by atoms with Gasteiger partial charge in [-0.25, -0.2) is 4.98 Å². The molecule has 1 aromatic carbocycles. The highest BCUT2D eigenvalue weighted by Crippen LogP contribution is 2.28. The van der Waals surface area contributed by atoms with Gasteiger partial charge in [-0.3, -0.25) is 14.5 Å². The van der Waals surface area contributed by atoms with Gasteiger partial charge in [0.1, 0.15) is 11.9 Å². The minimum Gasteiger partial charge on any atom is -0.474 e. The van der Waals surface area contributed by atoms with Gasteiger partial charge in [0.25, 0.3) is 5.91 Å². The summed E-state index contributed by atoms with van der Waals surface area (Å²) >= 11 is 0. The van der Waals surface area contributed by atoms with Crippen LogP contribution in [0.2, 0.25) is 0 Å². The number of pyridine rings is 1. The standard InChI is InChI=1S/C28H34N6O3/c1-18(2)34-10-7-23(8-11-34)37-27-14-20(6-9-29-27)28(36)32-26-13-22-12-19(4-5-21(22)15-30-26)24-16-31-33(3)25(24)17-35/h4-5,12-16,18,23,35H,6-11,17H2,1-3H3,(H,30,32,36). The lowest BCUT2D eigenvalue weighted by Crippen LogP contribution is -2.41. The summed E-state index contributed by atoms with van der Waals surface area (Å²) < 4.78 is 7.82. The summed E-state index contributed by atoms with van der Waals surface area (Å²) in [5.41, 5.74) is 3.21. The number of nitrogens with one attached hydrogen (secondary N) is 1. The van der Waals surface area contributed by atoms with Crippen LogP contribution in [0.15, 0.2) is 53.3 Å². The normalized spacial score (nSPS) is 17.1. The van der Waals surface area contributed by atoms with Crippen molar-refractivity contribution in [3.8, 4) is 11.1 Å².